The summed E-state index contributed by atoms with van der Waals surface area (Å²) in [4.78, 5) is 22.8. The van der Waals surface area contributed by atoms with Gasteiger partial charge in [0.25, 0.3) is 5.69 Å². The quantitative estimate of drug-likeness (QED) is 0.498. The van der Waals surface area contributed by atoms with Crippen molar-refractivity contribution in [3.05, 3.63) is 46.5 Å². The zero-order chi connectivity index (χ0) is 17.0. The molecule has 1 N–H and O–H groups in total. The molecule has 23 heavy (non-hydrogen) atoms. The molecule has 122 valence electrons. The third kappa shape index (κ3) is 3.41. The van der Waals surface area contributed by atoms with Crippen LogP contribution in [0, 0.1) is 16.0 Å². The summed E-state index contributed by atoms with van der Waals surface area (Å²) in [6.07, 6.45) is 0.803. The molecule has 0 amide bonds. The van der Waals surface area contributed by atoms with Crippen LogP contribution in [0.25, 0.3) is 10.8 Å². The van der Waals surface area contributed by atoms with E-state index in [0.717, 1.165) is 6.42 Å². The molecule has 0 unspecified atom stereocenters. The normalized spacial score (nSPS) is 13.3. The van der Waals surface area contributed by atoms with Crippen LogP contribution in [0.5, 0.6) is 0 Å². The molecule has 0 saturated heterocycles. The molecular weight excluding hydrogens is 296 g/mol. The van der Waals surface area contributed by atoms with Crippen molar-refractivity contribution < 1.29 is 14.5 Å². The predicted octanol–water partition coefficient (Wildman–Crippen LogP) is 3.75. The highest BCUT2D eigenvalue weighted by molar-refractivity contribution is 6.00. The van der Waals surface area contributed by atoms with E-state index in [1.165, 1.54) is 13.2 Å². The van der Waals surface area contributed by atoms with E-state index in [2.05, 4.69) is 5.32 Å². The van der Waals surface area contributed by atoms with Gasteiger partial charge in [-0.1, -0.05) is 38.5 Å². The maximum Gasteiger partial charge on any atom is 0.328 e. The molecular formula is C17H20N2O4. The van der Waals surface area contributed by atoms with Gasteiger partial charge in [-0.05, 0) is 18.1 Å². The maximum absolute atomic E-state index is 12.0. The number of nitrogens with one attached hydrogen (secondary N) is 1. The van der Waals surface area contributed by atoms with Crippen molar-refractivity contribution in [3.63, 3.8) is 0 Å². The third-order valence-corrected chi connectivity index (χ3v) is 4.08. The highest BCUT2D eigenvalue weighted by atomic mass is 16.6. The molecule has 0 aliphatic heterocycles. The van der Waals surface area contributed by atoms with E-state index in [4.69, 9.17) is 4.74 Å². The number of anilines is 1. The maximum atomic E-state index is 12.0. The summed E-state index contributed by atoms with van der Waals surface area (Å²) in [5, 5.41) is 15.6. The molecule has 2 rings (SSSR count). The summed E-state index contributed by atoms with van der Waals surface area (Å²) in [6, 6.07) is 9.66. The van der Waals surface area contributed by atoms with Crippen LogP contribution in [0.2, 0.25) is 0 Å². The lowest BCUT2D eigenvalue weighted by molar-refractivity contribution is -0.383. The first-order valence-corrected chi connectivity index (χ1v) is 7.50. The van der Waals surface area contributed by atoms with E-state index in [-0.39, 0.29) is 17.6 Å². The van der Waals surface area contributed by atoms with Gasteiger partial charge in [-0.3, -0.25) is 10.1 Å². The molecule has 2 atom stereocenters. The molecule has 0 heterocycles. The van der Waals surface area contributed by atoms with Gasteiger partial charge < -0.3 is 10.1 Å². The van der Waals surface area contributed by atoms with Crippen LogP contribution in [0.1, 0.15) is 20.3 Å². The lowest BCUT2D eigenvalue weighted by Crippen LogP contribution is -2.36. The fourth-order valence-corrected chi connectivity index (χ4v) is 2.53. The number of nitro groups is 1. The summed E-state index contributed by atoms with van der Waals surface area (Å²) < 4.78 is 4.87. The summed E-state index contributed by atoms with van der Waals surface area (Å²) in [5.41, 5.74) is 0.728. The molecule has 0 radical (unpaired) electrons. The molecule has 0 bridgehead atoms. The molecule has 6 nitrogen and oxygen atoms in total. The second-order valence-corrected chi connectivity index (χ2v) is 5.47. The number of rotatable bonds is 6. The largest absolute Gasteiger partial charge is 0.467 e. The zero-order valence-electron chi connectivity index (χ0n) is 13.4. The van der Waals surface area contributed by atoms with Crippen molar-refractivity contribution in [2.45, 2.75) is 26.3 Å². The molecule has 2 aromatic rings. The SMILES string of the molecule is CC[C@H](C)[C@H](Nc1ccc([N+](=O)[O-])c2ccccc12)C(=O)OC. The molecule has 2 aromatic carbocycles. The summed E-state index contributed by atoms with van der Waals surface area (Å²) in [6.45, 7) is 3.96. The second-order valence-electron chi connectivity index (χ2n) is 5.47. The van der Waals surface area contributed by atoms with Crippen molar-refractivity contribution in [2.24, 2.45) is 5.92 Å². The molecule has 0 spiro atoms. The Labute approximate surface area is 134 Å². The van der Waals surface area contributed by atoms with E-state index in [1.54, 1.807) is 24.3 Å². The van der Waals surface area contributed by atoms with Crippen LogP contribution in [0.3, 0.4) is 0 Å². The topological polar surface area (TPSA) is 81.5 Å². The minimum absolute atomic E-state index is 0.0457. The van der Waals surface area contributed by atoms with E-state index < -0.39 is 11.0 Å². The minimum atomic E-state index is -0.505. The number of hydrogen-bond donors (Lipinski definition) is 1. The number of hydrogen-bond acceptors (Lipinski definition) is 5. The van der Waals surface area contributed by atoms with Gasteiger partial charge in [-0.25, -0.2) is 4.79 Å². The van der Waals surface area contributed by atoms with Crippen LogP contribution in [0.4, 0.5) is 11.4 Å². The molecule has 0 aliphatic carbocycles. The number of carbonyl (C=O) groups is 1. The number of nitrogens with zero attached hydrogens (tertiary/aromatic N) is 1. The Bertz CT molecular complexity index is 730. The molecule has 0 aliphatic rings. The predicted molar refractivity (Wildman–Crippen MR) is 89.5 cm³/mol. The van der Waals surface area contributed by atoms with Crippen LogP contribution in [0.15, 0.2) is 36.4 Å². The van der Waals surface area contributed by atoms with Gasteiger partial charge in [-0.15, -0.1) is 0 Å². The van der Waals surface area contributed by atoms with Gasteiger partial charge in [0.1, 0.15) is 6.04 Å². The van der Waals surface area contributed by atoms with E-state index in [1.807, 2.05) is 19.9 Å². The third-order valence-electron chi connectivity index (χ3n) is 4.08. The smallest absolute Gasteiger partial charge is 0.328 e. The number of esters is 1. The average Bonchev–Trinajstić information content (AvgIpc) is 2.57. The molecule has 6 heteroatoms. The van der Waals surface area contributed by atoms with Crippen molar-refractivity contribution in [1.29, 1.82) is 0 Å². The van der Waals surface area contributed by atoms with Crippen molar-refractivity contribution >= 4 is 28.1 Å². The zero-order valence-corrected chi connectivity index (χ0v) is 13.4. The number of carbonyl (C=O) groups excluding carboxylic acids is 1. The fraction of sp³-hybridized carbons (Fsp3) is 0.353. The first kappa shape index (κ1) is 16.7. The van der Waals surface area contributed by atoms with Crippen LogP contribution < -0.4 is 5.32 Å². The highest BCUT2D eigenvalue weighted by Crippen LogP contribution is 2.32. The molecule has 0 fully saturated rings. The van der Waals surface area contributed by atoms with E-state index in [9.17, 15) is 14.9 Å². The van der Waals surface area contributed by atoms with Crippen molar-refractivity contribution in [3.8, 4) is 0 Å². The van der Waals surface area contributed by atoms with Crippen molar-refractivity contribution in [1.82, 2.24) is 0 Å². The van der Waals surface area contributed by atoms with Crippen LogP contribution in [-0.4, -0.2) is 24.0 Å². The minimum Gasteiger partial charge on any atom is -0.467 e. The van der Waals surface area contributed by atoms with Gasteiger partial charge in [0, 0.05) is 17.1 Å². The van der Waals surface area contributed by atoms with Gasteiger partial charge in [0.2, 0.25) is 0 Å². The number of nitro benzene ring substituents is 1. The van der Waals surface area contributed by atoms with Crippen molar-refractivity contribution in [2.75, 3.05) is 12.4 Å². The Kier molecular flexibility index (Phi) is 5.16. The van der Waals surface area contributed by atoms with Crippen LogP contribution in [-0.2, 0) is 9.53 Å². The number of non-ortho nitro benzene ring substituents is 1. The van der Waals surface area contributed by atoms with Gasteiger partial charge in [0.05, 0.1) is 17.4 Å². The number of ether oxygens (including phenoxy) is 1. The Hall–Kier alpha value is -2.63. The summed E-state index contributed by atoms with van der Waals surface area (Å²) >= 11 is 0. The van der Waals surface area contributed by atoms with E-state index in [0.29, 0.717) is 16.5 Å². The summed E-state index contributed by atoms with van der Waals surface area (Å²) in [7, 11) is 1.35. The first-order chi connectivity index (χ1) is 11.0. The number of fused-ring (bicyclic) bond motifs is 1. The van der Waals surface area contributed by atoms with E-state index >= 15 is 0 Å². The average molecular weight is 316 g/mol. The standard InChI is InChI=1S/C17H20N2O4/c1-4-11(2)16(17(20)23-3)18-14-9-10-15(19(21)22)13-8-6-5-7-12(13)14/h5-11,16,18H,4H2,1-3H3/t11-,16-/m0/s1. The Morgan fingerprint density at radius 1 is 1.26 bits per heavy atom. The van der Waals surface area contributed by atoms with Gasteiger partial charge in [-0.2, -0.15) is 0 Å². The Balaban J connectivity index is 2.49. The Morgan fingerprint density at radius 2 is 1.91 bits per heavy atom. The van der Waals surface area contributed by atoms with Gasteiger partial charge in [0.15, 0.2) is 0 Å². The molecule has 0 saturated carbocycles. The number of methoxy groups -OCH3 is 1. The Morgan fingerprint density at radius 3 is 2.48 bits per heavy atom. The van der Waals surface area contributed by atoms with Crippen LogP contribution >= 0.6 is 0 Å². The molecule has 0 aromatic heterocycles. The lowest BCUT2D eigenvalue weighted by Gasteiger charge is -2.23. The number of benzene rings is 2. The monoisotopic (exact) mass is 316 g/mol. The second kappa shape index (κ2) is 7.09. The first-order valence-electron chi connectivity index (χ1n) is 7.50. The fourth-order valence-electron chi connectivity index (χ4n) is 2.53. The highest BCUT2D eigenvalue weighted by Gasteiger charge is 2.26. The lowest BCUT2D eigenvalue weighted by atomic mass is 9.98. The summed E-state index contributed by atoms with van der Waals surface area (Å²) in [5.74, 6) is -0.279. The van der Waals surface area contributed by atoms with Gasteiger partial charge >= 0.3 is 5.97 Å².